The Morgan fingerprint density at radius 2 is 2.00 bits per heavy atom. The molecule has 11 heteroatoms. The maximum absolute atomic E-state index is 12.1. The molecule has 2 atom stereocenters. The van der Waals surface area contributed by atoms with Crippen molar-refractivity contribution >= 4 is 30.5 Å². The minimum atomic E-state index is -2.21. The quantitative estimate of drug-likeness (QED) is 0.161. The zero-order chi connectivity index (χ0) is 19.7. The van der Waals surface area contributed by atoms with Crippen LogP contribution in [0.3, 0.4) is 0 Å². The van der Waals surface area contributed by atoms with Crippen LogP contribution in [0.15, 0.2) is 0 Å². The highest BCUT2D eigenvalue weighted by atomic mass is 32.2. The Morgan fingerprint density at radius 3 is 2.32 bits per heavy atom. The van der Waals surface area contributed by atoms with Crippen LogP contribution in [0.1, 0.15) is 34.1 Å². The fourth-order valence-corrected chi connectivity index (χ4v) is 3.25. The summed E-state index contributed by atoms with van der Waals surface area (Å²) in [7, 11) is 1.20. The molecule has 0 aromatic carbocycles. The zero-order valence-electron chi connectivity index (χ0n) is 15.3. The molecule has 0 aliphatic rings. The van der Waals surface area contributed by atoms with Crippen LogP contribution in [0.2, 0.25) is 0 Å². The molecule has 9 nitrogen and oxygen atoms in total. The number of methoxy groups -OCH3 is 1. The van der Waals surface area contributed by atoms with Crippen molar-refractivity contribution in [2.45, 2.75) is 51.2 Å². The number of carbonyl (C=O) groups is 1. The summed E-state index contributed by atoms with van der Waals surface area (Å²) in [6.07, 6.45) is 1.87. The van der Waals surface area contributed by atoms with Crippen molar-refractivity contribution in [1.82, 2.24) is 5.01 Å². The normalized spacial score (nSPS) is 15.9. The van der Waals surface area contributed by atoms with E-state index in [4.69, 9.17) is 24.2 Å². The summed E-state index contributed by atoms with van der Waals surface area (Å²) in [5.74, 6) is -3.48. The van der Waals surface area contributed by atoms with Gasteiger partial charge in [0.15, 0.2) is 6.07 Å². The Labute approximate surface area is 158 Å². The van der Waals surface area contributed by atoms with Gasteiger partial charge in [-0.2, -0.15) is 5.26 Å². The first kappa shape index (κ1) is 24.0. The van der Waals surface area contributed by atoms with Crippen LogP contribution in [0.4, 0.5) is 0 Å². The molecule has 1 amide bonds. The molecule has 0 aliphatic heterocycles. The molecule has 0 saturated heterocycles. The van der Waals surface area contributed by atoms with Crippen LogP contribution in [-0.4, -0.2) is 58.9 Å². The number of amides is 1. The van der Waals surface area contributed by atoms with E-state index in [2.05, 4.69) is 12.8 Å². The topological polar surface area (TPSA) is 101 Å². The third kappa shape index (κ3) is 5.22. The third-order valence-corrected chi connectivity index (χ3v) is 4.06. The third-order valence-electron chi connectivity index (χ3n) is 2.89. The van der Waals surface area contributed by atoms with E-state index >= 15 is 0 Å². The van der Waals surface area contributed by atoms with E-state index in [-0.39, 0.29) is 23.6 Å². The minimum Gasteiger partial charge on any atom is -0.335 e. The molecule has 0 spiro atoms. The molecule has 0 N–H and O–H groups in total. The molecular weight excluding hydrogens is 370 g/mol. The summed E-state index contributed by atoms with van der Waals surface area (Å²) in [5, 5.41) is 7.59. The van der Waals surface area contributed by atoms with Crippen molar-refractivity contribution < 1.29 is 28.0 Å². The van der Waals surface area contributed by atoms with E-state index in [0.29, 0.717) is 11.4 Å². The monoisotopic (exact) mass is 395 g/mol. The number of hydrogen-bond donors (Lipinski definition) is 0. The predicted octanol–water partition coefficient (Wildman–Crippen LogP) is 1.70. The summed E-state index contributed by atoms with van der Waals surface area (Å²) < 4.78 is 22.6. The van der Waals surface area contributed by atoms with Crippen LogP contribution in [-0.2, 0) is 36.6 Å². The van der Waals surface area contributed by atoms with Gasteiger partial charge < -0.3 is 31.8 Å². The van der Waals surface area contributed by atoms with Gasteiger partial charge in [0.2, 0.25) is 0 Å². The molecule has 2 unspecified atom stereocenters. The first-order valence-electron chi connectivity index (χ1n) is 7.66. The second kappa shape index (κ2) is 10.8. The molecule has 0 rings (SSSR count). The van der Waals surface area contributed by atoms with E-state index in [0.717, 1.165) is 11.8 Å². The van der Waals surface area contributed by atoms with Gasteiger partial charge in [0, 0.05) is 22.9 Å². The highest BCUT2D eigenvalue weighted by Crippen LogP contribution is 2.44. The fourth-order valence-electron chi connectivity index (χ4n) is 2.09. The van der Waals surface area contributed by atoms with Crippen molar-refractivity contribution in [3.8, 4) is 6.07 Å². The molecule has 25 heavy (non-hydrogen) atoms. The highest BCUT2D eigenvalue weighted by molar-refractivity contribution is 7.99. The van der Waals surface area contributed by atoms with Gasteiger partial charge in [-0.05, 0) is 38.5 Å². The summed E-state index contributed by atoms with van der Waals surface area (Å²) in [5.41, 5.74) is 0. The fraction of sp³-hybridized carbons (Fsp3) is 0.857. The van der Waals surface area contributed by atoms with Gasteiger partial charge in [-0.25, -0.2) is 0 Å². The lowest BCUT2D eigenvalue weighted by Gasteiger charge is -2.47. The molecule has 0 radical (unpaired) electrons. The van der Waals surface area contributed by atoms with E-state index in [1.54, 1.807) is 27.0 Å². The lowest BCUT2D eigenvalue weighted by atomic mass is 10.3. The second-order valence-electron chi connectivity index (χ2n) is 4.96. The van der Waals surface area contributed by atoms with E-state index in [1.807, 2.05) is 6.92 Å². The Balaban J connectivity index is 6.58. The van der Waals surface area contributed by atoms with Crippen molar-refractivity contribution in [3.63, 3.8) is 0 Å². The summed E-state index contributed by atoms with van der Waals surface area (Å²) in [6, 6.07) is 1.35. The van der Waals surface area contributed by atoms with Crippen LogP contribution in [0, 0.1) is 16.2 Å². The summed E-state index contributed by atoms with van der Waals surface area (Å²) in [4.78, 5) is 24.1. The van der Waals surface area contributed by atoms with Crippen LogP contribution in [0.5, 0.6) is 0 Å². The average molecular weight is 396 g/mol. The number of nitroso groups, excluding NO2 is 1. The van der Waals surface area contributed by atoms with Gasteiger partial charge in [0.25, 0.3) is 0 Å². The van der Waals surface area contributed by atoms with Gasteiger partial charge in [-0.3, -0.25) is 4.79 Å². The number of nitrogens with zero attached hydrogens (tertiary/aromatic N) is 3. The number of rotatable bonds is 12. The second-order valence-corrected chi connectivity index (χ2v) is 6.22. The van der Waals surface area contributed by atoms with Crippen molar-refractivity contribution in [2.24, 2.45) is 0 Å². The molecular formula is C14H25N3O6S2. The van der Waals surface area contributed by atoms with E-state index < -0.39 is 16.9 Å². The van der Waals surface area contributed by atoms with Crippen LogP contribution >= 0.6 is 11.8 Å². The molecule has 0 aromatic rings. The maximum Gasteiger partial charge on any atom is 0.387 e. The van der Waals surface area contributed by atoms with Crippen LogP contribution < -0.4 is 0 Å². The minimum absolute atomic E-state index is 0.0193. The summed E-state index contributed by atoms with van der Waals surface area (Å²) in [6.45, 7) is 7.22. The standard InChI is InChI=1S/C14H25N3O6S2/c1-7-9-22-14(25-6,23-11(3)4)13(20-5,21-8-2)16(17(19)24)12(18)10-15/h11H,7-9H2,1-6H3. The number of ether oxygens (including phenoxy) is 4. The average Bonchev–Trinajstić information content (AvgIpc) is 2.56. The van der Waals surface area contributed by atoms with Gasteiger partial charge in [-0.1, -0.05) is 18.7 Å². The molecule has 0 bridgehead atoms. The van der Waals surface area contributed by atoms with Gasteiger partial charge in [-0.15, -0.1) is 0 Å². The Bertz CT molecular complexity index is 501. The maximum atomic E-state index is 12.1. The van der Waals surface area contributed by atoms with Crippen LogP contribution in [0.25, 0.3) is 0 Å². The molecule has 0 heterocycles. The number of nitriles is 1. The lowest BCUT2D eigenvalue weighted by molar-refractivity contribution is -0.637. The molecule has 144 valence electrons. The SMILES string of the molecule is CCCOC(OC(C)C)(SC)C(OC)(OCC)N(C(=O)C#N)[N+](=O)[S-]. The Hall–Kier alpha value is -1.03. The predicted molar refractivity (Wildman–Crippen MR) is 93.5 cm³/mol. The first-order chi connectivity index (χ1) is 11.7. The number of hydrazine groups is 1. The molecule has 0 aliphatic carbocycles. The molecule has 0 aromatic heterocycles. The summed E-state index contributed by atoms with van der Waals surface area (Å²) >= 11 is 5.59. The first-order valence-corrected chi connectivity index (χ1v) is 9.25. The van der Waals surface area contributed by atoms with Gasteiger partial charge in [0.1, 0.15) is 0 Å². The lowest BCUT2D eigenvalue weighted by Crippen LogP contribution is -2.70. The number of thioether (sulfide) groups is 1. The van der Waals surface area contributed by atoms with Gasteiger partial charge >= 0.3 is 16.9 Å². The zero-order valence-corrected chi connectivity index (χ0v) is 16.9. The van der Waals surface area contributed by atoms with Crippen molar-refractivity contribution in [1.29, 1.82) is 5.26 Å². The Kier molecular flexibility index (Phi) is 10.4. The smallest absolute Gasteiger partial charge is 0.335 e. The van der Waals surface area contributed by atoms with Crippen molar-refractivity contribution in [3.05, 3.63) is 4.91 Å². The van der Waals surface area contributed by atoms with E-state index in [9.17, 15) is 9.70 Å². The number of carbonyl (C=O) groups excluding carboxylic acids is 1. The highest BCUT2D eigenvalue weighted by Gasteiger charge is 2.67. The van der Waals surface area contributed by atoms with Crippen molar-refractivity contribution in [2.75, 3.05) is 26.6 Å². The molecule has 0 fully saturated rings. The number of hydrogen-bond acceptors (Lipinski definition) is 9. The van der Waals surface area contributed by atoms with E-state index in [1.165, 1.54) is 13.2 Å². The largest absolute Gasteiger partial charge is 0.387 e. The van der Waals surface area contributed by atoms with Gasteiger partial charge in [0.05, 0.1) is 12.7 Å². The molecule has 0 saturated carbocycles. The Morgan fingerprint density at radius 1 is 1.40 bits per heavy atom.